The number of nitrogens with zero attached hydrogens (tertiary/aromatic N) is 4. The van der Waals surface area contributed by atoms with Crippen LogP contribution in [0.3, 0.4) is 0 Å². The van der Waals surface area contributed by atoms with Gasteiger partial charge in [0.05, 0.1) is 28.9 Å². The molecule has 5 amide bonds. The van der Waals surface area contributed by atoms with Crippen molar-refractivity contribution < 1.29 is 63.8 Å². The first-order valence-corrected chi connectivity index (χ1v) is 28.3. The lowest BCUT2D eigenvalue weighted by atomic mass is 9.81. The van der Waals surface area contributed by atoms with Crippen molar-refractivity contribution in [3.05, 3.63) is 39.8 Å². The van der Waals surface area contributed by atoms with Gasteiger partial charge in [-0.3, -0.25) is 53.0 Å². The molecule has 1 aromatic heterocycles. The van der Waals surface area contributed by atoms with Gasteiger partial charge in [-0.15, -0.1) is 11.3 Å². The number of hydrogen-bond acceptors (Lipinski definition) is 15. The molecule has 2 aromatic rings. The number of aliphatic carboxylic acids is 1. The number of aromatic nitrogens is 1. The molecule has 21 heteroatoms. The number of benzene rings is 1. The number of carbonyl (C=O) groups excluding carboxylic acids is 8. The minimum atomic E-state index is -1.07. The van der Waals surface area contributed by atoms with Crippen molar-refractivity contribution in [1.29, 1.82) is 0 Å². The third kappa shape index (κ3) is 18.8. The fraction of sp³-hybridized carbons (Fsp3) is 0.667. The average molecular weight is 1090 g/mol. The zero-order chi connectivity index (χ0) is 56.5. The van der Waals surface area contributed by atoms with E-state index in [4.69, 9.17) is 4.74 Å². The molecule has 1 fully saturated rings. The summed E-state index contributed by atoms with van der Waals surface area (Å²) in [5, 5.41) is 27.8. The monoisotopic (exact) mass is 1090 g/mol. The van der Waals surface area contributed by atoms with E-state index in [1.54, 1.807) is 37.3 Å². The molecule has 1 saturated heterocycles. The maximum atomic E-state index is 14.4. The Hall–Kier alpha value is -5.25. The number of nitrogens with one attached hydrogen (secondary N) is 2. The third-order valence-corrected chi connectivity index (χ3v) is 16.6. The van der Waals surface area contributed by atoms with Gasteiger partial charge in [-0.25, -0.2) is 4.98 Å². The van der Waals surface area contributed by atoms with Crippen LogP contribution in [0.4, 0.5) is 5.69 Å². The zero-order valence-electron chi connectivity index (χ0n) is 46.2. The number of thioether (sulfide) groups is 1. The first-order chi connectivity index (χ1) is 35.2. The summed E-state index contributed by atoms with van der Waals surface area (Å²) in [6.07, 6.45) is 3.59. The van der Waals surface area contributed by atoms with Crippen LogP contribution in [-0.4, -0.2) is 146 Å². The molecule has 1 aromatic carbocycles. The number of esters is 1. The Morgan fingerprint density at radius 2 is 1.69 bits per heavy atom. The molecule has 1 aliphatic rings. The lowest BCUT2D eigenvalue weighted by Crippen LogP contribution is -2.50. The van der Waals surface area contributed by atoms with Crippen LogP contribution in [0.5, 0.6) is 5.75 Å². The van der Waals surface area contributed by atoms with E-state index in [-0.39, 0.29) is 116 Å². The number of carboxylic acid groups (broad SMARTS) is 1. The number of aromatic hydroxyl groups is 1. The van der Waals surface area contributed by atoms with Crippen LogP contribution < -0.4 is 16.4 Å². The Kier molecular flexibility index (Phi) is 25.5. The summed E-state index contributed by atoms with van der Waals surface area (Å²) >= 11 is 2.40. The van der Waals surface area contributed by atoms with Crippen LogP contribution in [-0.2, 0) is 49.5 Å². The second-order valence-electron chi connectivity index (χ2n) is 21.1. The molecule has 0 aliphatic carbocycles. The number of likely N-dealkylation sites (tertiary alicyclic amines) is 1. The van der Waals surface area contributed by atoms with E-state index < -0.39 is 70.5 Å². The summed E-state index contributed by atoms with van der Waals surface area (Å²) in [5.41, 5.74) is 3.67. The second-order valence-corrected chi connectivity index (χ2v) is 23.0. The van der Waals surface area contributed by atoms with E-state index >= 15 is 0 Å². The minimum absolute atomic E-state index is 0.00294. The van der Waals surface area contributed by atoms with Crippen molar-refractivity contribution in [3.8, 4) is 5.75 Å². The summed E-state index contributed by atoms with van der Waals surface area (Å²) in [4.78, 5) is 128. The van der Waals surface area contributed by atoms with Crippen molar-refractivity contribution in [3.63, 3.8) is 0 Å². The molecule has 75 heavy (non-hydrogen) atoms. The normalized spacial score (nSPS) is 16.7. The summed E-state index contributed by atoms with van der Waals surface area (Å²) < 4.78 is 5.85. The summed E-state index contributed by atoms with van der Waals surface area (Å²) in [6, 6.07) is 3.31. The van der Waals surface area contributed by atoms with Gasteiger partial charge < -0.3 is 36.2 Å². The predicted molar refractivity (Wildman–Crippen MR) is 289 cm³/mol. The maximum absolute atomic E-state index is 14.4. The molecule has 0 saturated carbocycles. The highest BCUT2D eigenvalue weighted by atomic mass is 32.2. The van der Waals surface area contributed by atoms with Gasteiger partial charge in [0.2, 0.25) is 23.6 Å². The van der Waals surface area contributed by atoms with E-state index in [1.165, 1.54) is 35.0 Å². The first-order valence-electron chi connectivity index (χ1n) is 26.1. The van der Waals surface area contributed by atoms with E-state index in [9.17, 15) is 53.4 Å². The number of anilines is 1. The largest absolute Gasteiger partial charge is 0.506 e. The van der Waals surface area contributed by atoms with Crippen LogP contribution >= 0.6 is 23.1 Å². The molecule has 7 N–H and O–H groups in total. The number of unbranched alkanes of at least 4 members (excludes halogenated alkanes) is 1. The fourth-order valence-corrected chi connectivity index (χ4v) is 10.6. The zero-order valence-corrected chi connectivity index (χ0v) is 47.8. The number of thiazole rings is 1. The number of Topliss-reactive ketones (excluding diaryl/α,β-unsaturated/α-hetero) is 2. The van der Waals surface area contributed by atoms with E-state index in [1.807, 2.05) is 60.5 Å². The molecule has 418 valence electrons. The number of phenolic OH excluding ortho intramolecular Hbond substituents is 1. The van der Waals surface area contributed by atoms with Crippen molar-refractivity contribution >= 4 is 81.8 Å². The summed E-state index contributed by atoms with van der Waals surface area (Å²) in [5.74, 6) is -6.50. The third-order valence-electron chi connectivity index (χ3n) is 14.7. The van der Waals surface area contributed by atoms with Gasteiger partial charge >= 0.3 is 11.9 Å². The SMILES string of the molecule is CC[C@H](C)[C@H](CC(=O)C(C)(C)N(C)C)C(=O)N(C)[C@H](C[C@@H](OC(C)=O)c1nc(C(=O)N[C@@H](Cc2ccc(O)c(NC(=O)CCCN3C(=O)CC(SC)C3=O)c2)CC(C)C(=O)C[C@@H](CCCC[NH3+])C(=O)O)cs1)C(C)C. The number of quaternary nitrogens is 1. The van der Waals surface area contributed by atoms with Crippen molar-refractivity contribution in [2.24, 2.45) is 29.6 Å². The molecular weight excluding hydrogens is 1000 g/mol. The van der Waals surface area contributed by atoms with Crippen molar-refractivity contribution in [1.82, 2.24) is 25.0 Å². The lowest BCUT2D eigenvalue weighted by Gasteiger charge is -2.38. The number of ketones is 2. The number of rotatable bonds is 33. The molecule has 8 atom stereocenters. The van der Waals surface area contributed by atoms with Crippen LogP contribution in [0.2, 0.25) is 0 Å². The number of imide groups is 1. The number of amides is 5. The van der Waals surface area contributed by atoms with Crippen molar-refractivity contribution in [2.75, 3.05) is 45.8 Å². The van der Waals surface area contributed by atoms with E-state index in [0.717, 1.165) is 17.8 Å². The number of carbonyl (C=O) groups is 9. The molecule has 2 unspecified atom stereocenters. The number of hydrogen-bond donors (Lipinski definition) is 5. The number of carboxylic acids is 1. The quantitative estimate of drug-likeness (QED) is 0.0240. The summed E-state index contributed by atoms with van der Waals surface area (Å²) in [6.45, 7) is 15.2. The Balaban J connectivity index is 1.91. The number of phenols is 1. The highest BCUT2D eigenvalue weighted by molar-refractivity contribution is 8.00. The molecule has 2 heterocycles. The number of likely N-dealkylation sites (N-methyl/N-ethyl adjacent to an activating group) is 1. The molecule has 1 aliphatic heterocycles. The molecule has 0 radical (unpaired) electrons. The highest BCUT2D eigenvalue weighted by Crippen LogP contribution is 2.34. The molecule has 19 nitrogen and oxygen atoms in total. The maximum Gasteiger partial charge on any atom is 0.306 e. The van der Waals surface area contributed by atoms with E-state index in [2.05, 4.69) is 21.4 Å². The standard InChI is InChI=1S/C54H83N7O12S2/c1-13-32(4)38(27-46(65)54(7,8)59(9)10)51(69)60(11)41(31(2)3)28-44(73-34(6)62)50-58-40(30-75-50)49(68)56-37(23-33(5)43(64)26-36(53(71)72)17-14-15-21-55)24-35-19-20-42(63)39(25-35)57-47(66)18-16-22-61-48(67)29-45(74-12)52(61)70/h19-20,25,30-33,36-38,41,44-45,63H,13-18,21-24,26-29,55H2,1-12H3,(H,56,68)(H,57,66)(H,71,72)/p+1/t32-,33?,36+,37+,38-,41+,44+,45?/m0/s1. The van der Waals surface area contributed by atoms with Gasteiger partial charge in [0.1, 0.15) is 22.2 Å². The first kappa shape index (κ1) is 64.0. The highest BCUT2D eigenvalue weighted by Gasteiger charge is 2.40. The van der Waals surface area contributed by atoms with Gasteiger partial charge in [0.25, 0.3) is 5.91 Å². The topological polar surface area (TPSA) is 278 Å². The summed E-state index contributed by atoms with van der Waals surface area (Å²) in [7, 11) is 5.35. The Morgan fingerprint density at radius 3 is 2.27 bits per heavy atom. The molecule has 3 rings (SSSR count). The van der Waals surface area contributed by atoms with Gasteiger partial charge in [-0.1, -0.05) is 47.1 Å². The fourth-order valence-electron chi connectivity index (χ4n) is 9.09. The Bertz CT molecular complexity index is 2320. The van der Waals surface area contributed by atoms with E-state index in [0.29, 0.717) is 36.4 Å². The smallest absolute Gasteiger partial charge is 0.306 e. The van der Waals surface area contributed by atoms with Crippen molar-refractivity contribution in [2.45, 2.75) is 161 Å². The van der Waals surface area contributed by atoms with Crippen LogP contribution in [0.25, 0.3) is 0 Å². The van der Waals surface area contributed by atoms with Crippen LogP contribution in [0, 0.1) is 29.6 Å². The van der Waals surface area contributed by atoms with Gasteiger partial charge in [0, 0.05) is 81.9 Å². The molecule has 0 spiro atoms. The minimum Gasteiger partial charge on any atom is -0.506 e. The molecular formula is C54H84N7O12S2+. The predicted octanol–water partition coefficient (Wildman–Crippen LogP) is 5.94. The Morgan fingerprint density at radius 1 is 1.01 bits per heavy atom. The van der Waals surface area contributed by atoms with Gasteiger partial charge in [-0.2, -0.15) is 11.8 Å². The van der Waals surface area contributed by atoms with Gasteiger partial charge in [-0.05, 0) is 102 Å². The second kappa shape index (κ2) is 29.9. The molecule has 0 bridgehead atoms. The Labute approximate surface area is 451 Å². The average Bonchev–Trinajstić information content (AvgIpc) is 3.95. The lowest BCUT2D eigenvalue weighted by molar-refractivity contribution is -0.368. The number of ether oxygens (including phenoxy) is 1. The van der Waals surface area contributed by atoms with Crippen LogP contribution in [0.15, 0.2) is 23.6 Å². The van der Waals surface area contributed by atoms with Gasteiger partial charge in [0.15, 0.2) is 11.9 Å². The van der Waals surface area contributed by atoms with Crippen LogP contribution in [0.1, 0.15) is 153 Å².